The van der Waals surface area contributed by atoms with Crippen LogP contribution in [0.2, 0.25) is 19.6 Å². The Morgan fingerprint density at radius 1 is 1.20 bits per heavy atom. The molecular weight excluding hydrogens is 200 g/mol. The first-order valence-corrected chi connectivity index (χ1v) is 9.33. The monoisotopic (exact) mass is 223 g/mol. The Bertz CT molecular complexity index is 168. The molecule has 1 nitrogen and oxygen atoms in total. The molecule has 0 saturated heterocycles. The first-order valence-electron chi connectivity index (χ1n) is 5.92. The summed E-state index contributed by atoms with van der Waals surface area (Å²) in [6, 6.07) is 0. The predicted octanol–water partition coefficient (Wildman–Crippen LogP) is 3.80. The van der Waals surface area contributed by atoms with Crippen LogP contribution in [0.4, 0.5) is 0 Å². The van der Waals surface area contributed by atoms with Gasteiger partial charge in [-0.2, -0.15) is 0 Å². The van der Waals surface area contributed by atoms with E-state index in [-0.39, 0.29) is 0 Å². The van der Waals surface area contributed by atoms with Crippen LogP contribution in [-0.4, -0.2) is 14.4 Å². The first-order chi connectivity index (χ1) is 7.03. The maximum atomic E-state index is 6.22. The molecule has 1 atom stereocenters. The highest BCUT2D eigenvalue weighted by molar-refractivity contribution is 6.69. The van der Waals surface area contributed by atoms with Crippen molar-refractivity contribution >= 4 is 8.32 Å². The molecule has 0 aromatic heterocycles. The van der Waals surface area contributed by atoms with Gasteiger partial charge in [0.1, 0.15) is 0 Å². The number of unbranched alkanes of at least 4 members (excludes halogenated alkanes) is 1. The summed E-state index contributed by atoms with van der Waals surface area (Å²) in [7, 11) is -1.43. The largest absolute Gasteiger partial charge is 0.414 e. The summed E-state index contributed by atoms with van der Waals surface area (Å²) in [6.07, 6.45) is 12.5. The number of rotatable bonds is 6. The fourth-order valence-electron chi connectivity index (χ4n) is 1.71. The van der Waals surface area contributed by atoms with Crippen LogP contribution in [0.25, 0.3) is 0 Å². The van der Waals surface area contributed by atoms with Crippen molar-refractivity contribution < 1.29 is 4.43 Å². The fraction of sp³-hybridized carbons (Fsp3) is 0.615. The van der Waals surface area contributed by atoms with Crippen molar-refractivity contribution in [3.8, 4) is 0 Å². The molecule has 85 valence electrons. The highest BCUT2D eigenvalue weighted by Crippen LogP contribution is 2.32. The summed E-state index contributed by atoms with van der Waals surface area (Å²) in [5, 5.41) is 0. The van der Waals surface area contributed by atoms with Crippen molar-refractivity contribution in [2.75, 3.05) is 0 Å². The Morgan fingerprint density at radius 2 is 1.80 bits per heavy atom. The van der Waals surface area contributed by atoms with Gasteiger partial charge in [0.15, 0.2) is 8.32 Å². The van der Waals surface area contributed by atoms with Crippen molar-refractivity contribution in [2.24, 2.45) is 0 Å². The zero-order chi connectivity index (χ0) is 11.3. The van der Waals surface area contributed by atoms with Crippen LogP contribution in [0.1, 0.15) is 26.2 Å². The van der Waals surface area contributed by atoms with Gasteiger partial charge in [0, 0.05) is 5.92 Å². The van der Waals surface area contributed by atoms with E-state index < -0.39 is 8.32 Å². The van der Waals surface area contributed by atoms with Gasteiger partial charge in [0.25, 0.3) is 0 Å². The van der Waals surface area contributed by atoms with Gasteiger partial charge in [-0.3, -0.25) is 0 Å². The summed E-state index contributed by atoms with van der Waals surface area (Å²) in [5.41, 5.74) is 0. The molecule has 0 aromatic carbocycles. The van der Waals surface area contributed by atoms with Gasteiger partial charge in [-0.25, -0.2) is 0 Å². The van der Waals surface area contributed by atoms with Crippen LogP contribution in [-0.2, 0) is 4.43 Å². The molecule has 1 aliphatic carbocycles. The molecule has 1 unspecified atom stereocenters. The Labute approximate surface area is 96.7 Å². The lowest BCUT2D eigenvalue weighted by Crippen LogP contribution is -2.35. The first kappa shape index (κ1) is 13.2. The SMILES string of the molecule is CCCCC(O[Si](C)(C)C)[C]1[CH][CH][CH][CH]1. The highest BCUT2D eigenvalue weighted by atomic mass is 28.4. The third-order valence-corrected chi connectivity index (χ3v) is 3.37. The van der Waals surface area contributed by atoms with Crippen molar-refractivity contribution in [1.29, 1.82) is 0 Å². The minimum Gasteiger partial charge on any atom is -0.414 e. The standard InChI is InChI=1S/C13H23OSi/c1-5-6-11-13(14-15(2,3)4)12-9-7-8-10-12/h7-10,13H,5-6,11H2,1-4H3. The van der Waals surface area contributed by atoms with Gasteiger partial charge in [-0.15, -0.1) is 0 Å². The van der Waals surface area contributed by atoms with E-state index in [0.29, 0.717) is 6.10 Å². The summed E-state index contributed by atoms with van der Waals surface area (Å²) < 4.78 is 6.22. The second kappa shape index (κ2) is 6.05. The van der Waals surface area contributed by atoms with Crippen LogP contribution in [0.5, 0.6) is 0 Å². The van der Waals surface area contributed by atoms with Gasteiger partial charge in [-0.1, -0.05) is 19.8 Å². The van der Waals surface area contributed by atoms with E-state index in [0.717, 1.165) is 6.42 Å². The van der Waals surface area contributed by atoms with E-state index in [1.807, 2.05) is 0 Å². The molecule has 5 radical (unpaired) electrons. The minimum absolute atomic E-state index is 0.326. The number of hydrogen-bond acceptors (Lipinski definition) is 1. The van der Waals surface area contributed by atoms with Crippen molar-refractivity contribution in [2.45, 2.75) is 51.9 Å². The van der Waals surface area contributed by atoms with Gasteiger partial charge in [-0.05, 0) is 51.7 Å². The Morgan fingerprint density at radius 3 is 2.27 bits per heavy atom. The van der Waals surface area contributed by atoms with E-state index >= 15 is 0 Å². The Balaban J connectivity index is 2.44. The average Bonchev–Trinajstić information content (AvgIpc) is 2.63. The minimum atomic E-state index is -1.43. The third kappa shape index (κ3) is 5.16. The molecular formula is C13H23OSi. The summed E-state index contributed by atoms with van der Waals surface area (Å²) in [6.45, 7) is 9.01. The van der Waals surface area contributed by atoms with Crippen LogP contribution in [0, 0.1) is 31.6 Å². The molecule has 0 aromatic rings. The van der Waals surface area contributed by atoms with E-state index in [4.69, 9.17) is 4.43 Å². The van der Waals surface area contributed by atoms with Crippen LogP contribution < -0.4 is 0 Å². The molecule has 0 amide bonds. The highest BCUT2D eigenvalue weighted by Gasteiger charge is 2.30. The quantitative estimate of drug-likeness (QED) is 0.622. The lowest BCUT2D eigenvalue weighted by atomic mass is 9.96. The topological polar surface area (TPSA) is 9.23 Å². The molecule has 0 heterocycles. The summed E-state index contributed by atoms with van der Waals surface area (Å²) in [4.78, 5) is 0. The molecule has 1 aliphatic rings. The molecule has 15 heavy (non-hydrogen) atoms. The number of hydrogen-bond donors (Lipinski definition) is 0. The van der Waals surface area contributed by atoms with Gasteiger partial charge < -0.3 is 4.43 Å². The van der Waals surface area contributed by atoms with E-state index in [2.05, 4.69) is 52.2 Å². The van der Waals surface area contributed by atoms with E-state index in [1.165, 1.54) is 18.8 Å². The zero-order valence-electron chi connectivity index (χ0n) is 10.4. The summed E-state index contributed by atoms with van der Waals surface area (Å²) in [5.74, 6) is 1.35. The molecule has 0 spiro atoms. The molecule has 2 heteroatoms. The Kier molecular flexibility index (Phi) is 5.34. The lowest BCUT2D eigenvalue weighted by molar-refractivity contribution is 0.201. The Hall–Kier alpha value is 0.177. The lowest BCUT2D eigenvalue weighted by Gasteiger charge is -2.30. The molecule has 0 N–H and O–H groups in total. The third-order valence-electron chi connectivity index (χ3n) is 2.38. The van der Waals surface area contributed by atoms with Gasteiger partial charge >= 0.3 is 0 Å². The van der Waals surface area contributed by atoms with Crippen LogP contribution in [0.3, 0.4) is 0 Å². The van der Waals surface area contributed by atoms with Gasteiger partial charge in [0.05, 0.1) is 6.10 Å². The molecule has 1 saturated carbocycles. The second-order valence-electron chi connectivity index (χ2n) is 5.08. The fourth-order valence-corrected chi connectivity index (χ4v) is 2.82. The van der Waals surface area contributed by atoms with E-state index in [1.54, 1.807) is 0 Å². The average molecular weight is 223 g/mol. The van der Waals surface area contributed by atoms with Crippen molar-refractivity contribution in [1.82, 2.24) is 0 Å². The molecule has 0 bridgehead atoms. The predicted molar refractivity (Wildman–Crippen MR) is 68.2 cm³/mol. The normalized spacial score (nSPS) is 20.8. The second-order valence-corrected chi connectivity index (χ2v) is 9.54. The van der Waals surface area contributed by atoms with Crippen LogP contribution in [0.15, 0.2) is 0 Å². The van der Waals surface area contributed by atoms with Crippen molar-refractivity contribution in [3.63, 3.8) is 0 Å². The molecule has 1 rings (SSSR count). The van der Waals surface area contributed by atoms with Gasteiger partial charge in [0.2, 0.25) is 0 Å². The maximum Gasteiger partial charge on any atom is 0.184 e. The summed E-state index contributed by atoms with van der Waals surface area (Å²) >= 11 is 0. The van der Waals surface area contributed by atoms with E-state index in [9.17, 15) is 0 Å². The smallest absolute Gasteiger partial charge is 0.184 e. The van der Waals surface area contributed by atoms with Crippen molar-refractivity contribution in [3.05, 3.63) is 31.6 Å². The maximum absolute atomic E-state index is 6.22. The zero-order valence-corrected chi connectivity index (χ0v) is 11.4. The van der Waals surface area contributed by atoms with Crippen LogP contribution >= 0.6 is 0 Å². The molecule has 0 aliphatic heterocycles. The molecule has 1 fully saturated rings.